The lowest BCUT2D eigenvalue weighted by Crippen LogP contribution is -2.16. The van der Waals surface area contributed by atoms with Gasteiger partial charge in [-0.1, -0.05) is 56.2 Å². The molecule has 0 fully saturated rings. The third-order valence-corrected chi connectivity index (χ3v) is 5.38. The van der Waals surface area contributed by atoms with Crippen molar-refractivity contribution in [3.63, 3.8) is 0 Å². The molecule has 0 aliphatic rings. The summed E-state index contributed by atoms with van der Waals surface area (Å²) >= 11 is 0. The van der Waals surface area contributed by atoms with Crippen molar-refractivity contribution in [2.45, 2.75) is 65.7 Å². The van der Waals surface area contributed by atoms with Gasteiger partial charge in [-0.15, -0.1) is 0 Å². The van der Waals surface area contributed by atoms with E-state index in [1.165, 1.54) is 24.3 Å². The predicted molar refractivity (Wildman–Crippen MR) is 128 cm³/mol. The molecule has 2 rings (SSSR count). The maximum atomic E-state index is 12.8. The molecule has 0 aromatic heterocycles. The van der Waals surface area contributed by atoms with E-state index in [1.54, 1.807) is 6.07 Å². The maximum Gasteiger partial charge on any atom is 0.416 e. The second-order valence-electron chi connectivity index (χ2n) is 8.35. The van der Waals surface area contributed by atoms with Gasteiger partial charge < -0.3 is 14.9 Å². The molecule has 1 unspecified atom stereocenters. The fourth-order valence-electron chi connectivity index (χ4n) is 3.49. The van der Waals surface area contributed by atoms with Crippen LogP contribution in [0.3, 0.4) is 0 Å². The number of carboxylic acid groups (broad SMARTS) is 1. The summed E-state index contributed by atoms with van der Waals surface area (Å²) in [6, 6.07) is 6.10. The highest BCUT2D eigenvalue weighted by Crippen LogP contribution is 2.37. The maximum absolute atomic E-state index is 12.8. The van der Waals surface area contributed by atoms with Gasteiger partial charge in [-0.2, -0.15) is 13.2 Å². The van der Waals surface area contributed by atoms with Gasteiger partial charge in [-0.3, -0.25) is 0 Å². The van der Waals surface area contributed by atoms with E-state index in [0.717, 1.165) is 37.0 Å². The first kappa shape index (κ1) is 27.0. The molecular weight excluding hydrogens is 445 g/mol. The Morgan fingerprint density at radius 2 is 1.76 bits per heavy atom. The molecule has 0 amide bonds. The third kappa shape index (κ3) is 7.14. The van der Waals surface area contributed by atoms with Gasteiger partial charge in [0.2, 0.25) is 0 Å². The first-order chi connectivity index (χ1) is 16.0. The highest BCUT2D eigenvalue weighted by Gasteiger charge is 2.30. The molecule has 0 saturated carbocycles. The van der Waals surface area contributed by atoms with Crippen LogP contribution in [0.15, 0.2) is 42.0 Å². The van der Waals surface area contributed by atoms with Gasteiger partial charge in [0.25, 0.3) is 0 Å². The van der Waals surface area contributed by atoms with Crippen molar-refractivity contribution in [2.75, 3.05) is 0 Å². The number of rotatable bonds is 10. The van der Waals surface area contributed by atoms with Crippen LogP contribution >= 0.6 is 0 Å². The Labute approximate surface area is 198 Å². The summed E-state index contributed by atoms with van der Waals surface area (Å²) in [4.78, 5) is 12.0. The molecule has 184 valence electrons. The number of alkyl halides is 3. The van der Waals surface area contributed by atoms with Gasteiger partial charge in [0, 0.05) is 5.56 Å². The standard InChI is InChI=1S/C27H31F3O4/c1-5-7-21(6-2)34-23-16-19(12-9-18-10-13-20(14-11-18)27(28,29)30)24(26(32)33)25(31)22(23)15-8-17(3)4/h8-14,16,21,31H,5-7,15H2,1-4H3,(H,32,33). The first-order valence-electron chi connectivity index (χ1n) is 11.2. The van der Waals surface area contributed by atoms with Crippen LogP contribution in [0.25, 0.3) is 12.2 Å². The van der Waals surface area contributed by atoms with Crippen LogP contribution in [0.2, 0.25) is 0 Å². The Morgan fingerprint density at radius 3 is 2.26 bits per heavy atom. The van der Waals surface area contributed by atoms with Crippen molar-refractivity contribution >= 4 is 18.1 Å². The molecule has 2 aromatic carbocycles. The van der Waals surface area contributed by atoms with Crippen LogP contribution in [0.4, 0.5) is 13.2 Å². The van der Waals surface area contributed by atoms with Crippen LogP contribution in [0.5, 0.6) is 11.5 Å². The highest BCUT2D eigenvalue weighted by atomic mass is 19.4. The van der Waals surface area contributed by atoms with Crippen LogP contribution < -0.4 is 4.74 Å². The molecule has 0 heterocycles. The second-order valence-corrected chi connectivity index (χ2v) is 8.35. The third-order valence-electron chi connectivity index (χ3n) is 5.38. The molecule has 7 heteroatoms. The fourth-order valence-corrected chi connectivity index (χ4v) is 3.49. The molecule has 0 aliphatic heterocycles. The lowest BCUT2D eigenvalue weighted by molar-refractivity contribution is -0.137. The summed E-state index contributed by atoms with van der Waals surface area (Å²) in [5.41, 5.74) is 1.00. The zero-order valence-corrected chi connectivity index (χ0v) is 19.9. The van der Waals surface area contributed by atoms with Gasteiger partial charge in [-0.05, 0) is 62.4 Å². The zero-order valence-electron chi connectivity index (χ0n) is 19.9. The number of halogens is 3. The molecular formula is C27H31F3O4. The number of phenols is 1. The van der Waals surface area contributed by atoms with E-state index in [9.17, 15) is 28.2 Å². The van der Waals surface area contributed by atoms with Crippen molar-refractivity contribution in [3.8, 4) is 11.5 Å². The molecule has 1 atom stereocenters. The molecule has 34 heavy (non-hydrogen) atoms. The minimum absolute atomic E-state index is 0.0997. The summed E-state index contributed by atoms with van der Waals surface area (Å²) in [5, 5.41) is 20.7. The summed E-state index contributed by atoms with van der Waals surface area (Å²) in [7, 11) is 0. The fraction of sp³-hybridized carbons (Fsp3) is 0.370. The highest BCUT2D eigenvalue weighted by molar-refractivity contribution is 5.97. The van der Waals surface area contributed by atoms with E-state index in [2.05, 4.69) is 0 Å². The van der Waals surface area contributed by atoms with Crippen LogP contribution in [-0.2, 0) is 12.6 Å². The van der Waals surface area contributed by atoms with E-state index < -0.39 is 17.7 Å². The molecule has 0 spiro atoms. The summed E-state index contributed by atoms with van der Waals surface area (Å²) in [6.07, 6.45) is 3.06. The van der Waals surface area contributed by atoms with Crippen LogP contribution in [0, 0.1) is 0 Å². The van der Waals surface area contributed by atoms with Gasteiger partial charge in [0.15, 0.2) is 0 Å². The number of carbonyl (C=O) groups is 1. The number of benzene rings is 2. The summed E-state index contributed by atoms with van der Waals surface area (Å²) in [5.74, 6) is -1.29. The minimum atomic E-state index is -4.44. The normalized spacial score (nSPS) is 12.6. The van der Waals surface area contributed by atoms with Crippen molar-refractivity contribution < 1.29 is 32.9 Å². The number of aromatic carboxylic acids is 1. The second kappa shape index (κ2) is 11.8. The monoisotopic (exact) mass is 476 g/mol. The zero-order chi connectivity index (χ0) is 25.5. The summed E-state index contributed by atoms with van der Waals surface area (Å²) in [6.45, 7) is 7.85. The van der Waals surface area contributed by atoms with E-state index >= 15 is 0 Å². The van der Waals surface area contributed by atoms with Crippen LogP contribution in [-0.4, -0.2) is 22.3 Å². The van der Waals surface area contributed by atoms with Crippen LogP contribution in [0.1, 0.15) is 79.6 Å². The predicted octanol–water partition coefficient (Wildman–Crippen LogP) is 7.75. The van der Waals surface area contributed by atoms with Crippen molar-refractivity contribution in [2.24, 2.45) is 0 Å². The molecule has 0 radical (unpaired) electrons. The van der Waals surface area contributed by atoms with Crippen molar-refractivity contribution in [3.05, 3.63) is 69.8 Å². The molecule has 0 aliphatic carbocycles. The average Bonchev–Trinajstić information content (AvgIpc) is 2.76. The lowest BCUT2D eigenvalue weighted by atomic mass is 9.97. The van der Waals surface area contributed by atoms with Gasteiger partial charge >= 0.3 is 12.1 Å². The minimum Gasteiger partial charge on any atom is -0.507 e. The molecule has 4 nitrogen and oxygen atoms in total. The Morgan fingerprint density at radius 1 is 1.12 bits per heavy atom. The number of allylic oxidation sites excluding steroid dienone is 2. The lowest BCUT2D eigenvalue weighted by Gasteiger charge is -2.21. The van der Waals surface area contributed by atoms with Gasteiger partial charge in [0.1, 0.15) is 17.1 Å². The Bertz CT molecular complexity index is 1050. The first-order valence-corrected chi connectivity index (χ1v) is 11.2. The quantitative estimate of drug-likeness (QED) is 0.272. The van der Waals surface area contributed by atoms with Crippen molar-refractivity contribution in [1.82, 2.24) is 0 Å². The average molecular weight is 477 g/mol. The van der Waals surface area contributed by atoms with E-state index in [1.807, 2.05) is 33.8 Å². The van der Waals surface area contributed by atoms with E-state index in [-0.39, 0.29) is 23.0 Å². The molecule has 2 aromatic rings. The Kier molecular flexibility index (Phi) is 9.36. The van der Waals surface area contributed by atoms with E-state index in [0.29, 0.717) is 23.3 Å². The smallest absolute Gasteiger partial charge is 0.416 e. The summed E-state index contributed by atoms with van der Waals surface area (Å²) < 4.78 is 44.6. The number of carboxylic acids is 1. The number of aromatic hydroxyl groups is 1. The van der Waals surface area contributed by atoms with E-state index in [4.69, 9.17) is 4.74 Å². The number of hydrogen-bond donors (Lipinski definition) is 2. The van der Waals surface area contributed by atoms with Crippen molar-refractivity contribution in [1.29, 1.82) is 0 Å². The topological polar surface area (TPSA) is 66.8 Å². The molecule has 0 bridgehead atoms. The number of ether oxygens (including phenoxy) is 1. The number of hydrogen-bond acceptors (Lipinski definition) is 3. The largest absolute Gasteiger partial charge is 0.507 e. The Hall–Kier alpha value is -3.22. The Balaban J connectivity index is 2.57. The molecule has 0 saturated heterocycles. The molecule has 2 N–H and O–H groups in total. The SMILES string of the molecule is CCCC(CC)Oc1cc(C=Cc2ccc(C(F)(F)F)cc2)c(C(=O)O)c(O)c1CC=C(C)C. The van der Waals surface area contributed by atoms with Gasteiger partial charge in [0.05, 0.1) is 11.7 Å². The van der Waals surface area contributed by atoms with Gasteiger partial charge in [-0.25, -0.2) is 4.79 Å².